The van der Waals surface area contributed by atoms with Crippen molar-refractivity contribution in [1.82, 2.24) is 10.6 Å². The van der Waals surface area contributed by atoms with E-state index in [1.165, 1.54) is 27.7 Å². The minimum absolute atomic E-state index is 0.533. The first-order chi connectivity index (χ1) is 25.9. The summed E-state index contributed by atoms with van der Waals surface area (Å²) in [6.45, 7) is 4.17. The van der Waals surface area contributed by atoms with Gasteiger partial charge in [-0.25, -0.2) is 0 Å². The summed E-state index contributed by atoms with van der Waals surface area (Å²) >= 11 is -2.36. The van der Waals surface area contributed by atoms with E-state index in [1.54, 1.807) is 0 Å². The second kappa shape index (κ2) is 19.9. The second-order valence-corrected chi connectivity index (χ2v) is 16.3. The summed E-state index contributed by atoms with van der Waals surface area (Å²) in [6, 6.07) is -2.10. The summed E-state index contributed by atoms with van der Waals surface area (Å²) in [5.41, 5.74) is 0. The van der Waals surface area contributed by atoms with Gasteiger partial charge in [0.15, 0.2) is 0 Å². The van der Waals surface area contributed by atoms with Crippen molar-refractivity contribution in [3.63, 3.8) is 0 Å². The number of hydrogen-bond acceptors (Lipinski definition) is 20. The molecule has 0 bridgehead atoms. The zero-order valence-corrected chi connectivity index (χ0v) is 33.0. The summed E-state index contributed by atoms with van der Waals surface area (Å²) in [7, 11) is 2.22. The predicted octanol–water partition coefficient (Wildman–Crippen LogP) is -9.89. The Labute approximate surface area is 325 Å². The van der Waals surface area contributed by atoms with Gasteiger partial charge >= 0.3 is 327 Å². The normalized spacial score (nSPS) is 45.1. The average Bonchev–Trinajstić information content (AvgIpc) is 3.13. The minimum atomic E-state index is -2.36. The molecule has 55 heavy (non-hydrogen) atoms. The van der Waals surface area contributed by atoms with E-state index in [1.807, 2.05) is 0 Å². The van der Waals surface area contributed by atoms with E-state index < -0.39 is 176 Å². The Balaban J connectivity index is 1.55. The Kier molecular flexibility index (Phi) is 16.7. The molecule has 0 aromatic rings. The van der Waals surface area contributed by atoms with Gasteiger partial charge in [-0.1, -0.05) is 0 Å². The fourth-order valence-electron chi connectivity index (χ4n) is 7.06. The Hall–Kier alpha value is -1.63. The van der Waals surface area contributed by atoms with E-state index in [0.717, 1.165) is 14.2 Å². The van der Waals surface area contributed by atoms with Gasteiger partial charge in [0.05, 0.1) is 0 Å². The number of amides is 2. The molecular formula is C32H52IN2O20-. The van der Waals surface area contributed by atoms with Gasteiger partial charge in [0.2, 0.25) is 0 Å². The number of aliphatic hydroxyl groups is 8. The Morgan fingerprint density at radius 3 is 1.20 bits per heavy atom. The van der Waals surface area contributed by atoms with Gasteiger partial charge in [0.1, 0.15) is 0 Å². The molecule has 22 nitrogen and oxygen atoms in total. The number of ether oxygens (including phenoxy) is 8. The van der Waals surface area contributed by atoms with Crippen LogP contribution in [-0.2, 0) is 57.1 Å². The summed E-state index contributed by atoms with van der Waals surface area (Å²) in [4.78, 5) is 51.6. The molecule has 20 atom stereocenters. The molecular weight excluding hydrogens is 859 g/mol. The van der Waals surface area contributed by atoms with Gasteiger partial charge in [-0.15, -0.1) is 0 Å². The van der Waals surface area contributed by atoms with Crippen molar-refractivity contribution in [3.8, 4) is 0 Å². The molecule has 0 saturated carbocycles. The molecule has 0 aromatic heterocycles. The Morgan fingerprint density at radius 1 is 0.564 bits per heavy atom. The van der Waals surface area contributed by atoms with Crippen molar-refractivity contribution in [2.24, 2.45) is 0 Å². The van der Waals surface area contributed by atoms with Gasteiger partial charge in [-0.05, 0) is 0 Å². The molecule has 4 fully saturated rings. The van der Waals surface area contributed by atoms with Crippen LogP contribution >= 0.6 is 0 Å². The molecule has 318 valence electrons. The molecule has 4 heterocycles. The van der Waals surface area contributed by atoms with Crippen molar-refractivity contribution in [2.45, 2.75) is 150 Å². The number of halogens is 1. The van der Waals surface area contributed by atoms with Crippen LogP contribution in [0.1, 0.15) is 27.7 Å². The molecule has 4 aliphatic rings. The van der Waals surface area contributed by atoms with Crippen molar-refractivity contribution < 1.29 is 119 Å². The van der Waals surface area contributed by atoms with Crippen LogP contribution in [0.5, 0.6) is 0 Å². The first-order valence-electron chi connectivity index (χ1n) is 17.5. The van der Waals surface area contributed by atoms with Crippen LogP contribution in [0, 0.1) is 0 Å². The van der Waals surface area contributed by atoms with E-state index in [2.05, 4.69) is 10.6 Å². The van der Waals surface area contributed by atoms with Crippen LogP contribution in [0.4, 0.5) is 0 Å². The fourth-order valence-corrected chi connectivity index (χ4v) is 9.20. The molecule has 4 aliphatic heterocycles. The topological polar surface area (TPSA) is 328 Å². The zero-order chi connectivity index (χ0) is 41.0. The van der Waals surface area contributed by atoms with E-state index >= 15 is 0 Å². The quantitative estimate of drug-likeness (QED) is 0.0571. The molecule has 13 unspecified atom stereocenters. The summed E-state index contributed by atoms with van der Waals surface area (Å²) in [5, 5.41) is 90.5. The van der Waals surface area contributed by atoms with E-state index in [0.29, 0.717) is 0 Å². The molecule has 4 saturated heterocycles. The first kappa shape index (κ1) is 46.1. The third kappa shape index (κ3) is 10.2. The number of aliphatic hydroxyl groups excluding tert-OH is 8. The van der Waals surface area contributed by atoms with Gasteiger partial charge < -0.3 is 0 Å². The molecule has 4 rings (SSSR count). The third-order valence-corrected chi connectivity index (χ3v) is 12.2. The second-order valence-electron chi connectivity index (χ2n) is 13.7. The van der Waals surface area contributed by atoms with Crippen LogP contribution in [0.2, 0.25) is 0 Å². The van der Waals surface area contributed by atoms with Crippen LogP contribution in [0.15, 0.2) is 0 Å². The van der Waals surface area contributed by atoms with Crippen molar-refractivity contribution >= 4 is 19.4 Å². The van der Waals surface area contributed by atoms with Gasteiger partial charge in [0.25, 0.3) is 0 Å². The molecule has 2 amide bonds. The van der Waals surface area contributed by atoms with Gasteiger partial charge in [-0.3, -0.25) is 0 Å². The predicted molar refractivity (Wildman–Crippen MR) is 173 cm³/mol. The van der Waals surface area contributed by atoms with E-state index in [-0.39, 0.29) is 0 Å². The number of carbonyl (C=O) groups is 4. The van der Waals surface area contributed by atoms with Crippen LogP contribution in [0.3, 0.4) is 0 Å². The van der Waals surface area contributed by atoms with Crippen LogP contribution in [0.25, 0.3) is 0 Å². The molecule has 0 radical (unpaired) electrons. The van der Waals surface area contributed by atoms with Crippen molar-refractivity contribution in [3.05, 3.63) is 0 Å². The molecule has 0 aliphatic carbocycles. The number of hydrogen-bond donors (Lipinski definition) is 10. The number of nitrogens with one attached hydrogen (secondary N) is 2. The van der Waals surface area contributed by atoms with Crippen LogP contribution < -0.4 is 31.8 Å². The number of methoxy groups -OCH3 is 2. The third-order valence-electron chi connectivity index (χ3n) is 9.88. The fraction of sp³-hybridized carbons (Fsp3) is 0.875. The monoisotopic (exact) mass is 911 g/mol. The maximum absolute atomic E-state index is 13.8. The van der Waals surface area contributed by atoms with Gasteiger partial charge in [-0.2, -0.15) is 0 Å². The van der Waals surface area contributed by atoms with E-state index in [9.17, 15) is 60.0 Å². The first-order valence-corrected chi connectivity index (χ1v) is 19.6. The summed E-state index contributed by atoms with van der Waals surface area (Å²) < 4.78 is 43.2. The molecule has 0 spiro atoms. The zero-order valence-electron chi connectivity index (χ0n) is 30.8. The van der Waals surface area contributed by atoms with Gasteiger partial charge in [0, 0.05) is 0 Å². The van der Waals surface area contributed by atoms with Crippen molar-refractivity contribution in [2.75, 3.05) is 27.4 Å². The standard InChI is InChI=1S/C32H52IN2O20/c1-9-15(34-11(3)38)23(17(40)13(7-36)50-9)52-31-21(44)19(42)25(48-5)27(54-31)29(46)33-30(47)28-26(49-6)20(43)22(45)32(55-28)53-24-16(35-12(4)39)10(2)51-14(8-37)18(24)41/h9-10,13-28,31-32,36-37,40-45H,7-8H2,1-6H3,(H,34,38)(H,35,39)/q-1/t9?,10?,13?,14?,15?,16?,17-,18+,19-,20?,21?,22?,23?,24?,25+,26-,27?,28?,31-,32+/m0/s1. The molecule has 23 heteroatoms. The number of carbonyl (C=O) groups excluding carboxylic acids is 4. The maximum atomic E-state index is 13.8. The van der Waals surface area contributed by atoms with Crippen LogP contribution in [-0.4, -0.2) is 210 Å². The van der Waals surface area contributed by atoms with Crippen molar-refractivity contribution in [1.29, 1.82) is 0 Å². The summed E-state index contributed by atoms with van der Waals surface area (Å²) in [6.07, 6.45) is -27.8. The Bertz CT molecular complexity index is 1240. The van der Waals surface area contributed by atoms with E-state index in [4.69, 9.17) is 37.9 Å². The average molecular weight is 912 g/mol. The SMILES string of the molecule is CO[C@@H]1C(C(=O)[I-]C(=O)C2O[C@H](OC3C(NC(C)=O)C(C)OC(CO)[C@@H]3O)C(O)[C@H](O)[C@H]2OC)O[C@@H](OC2C(NC(C)=O)C(C)OC(CO)[C@H]2O)C(O)C1O. The molecule has 0 aromatic carbocycles. The number of rotatable bonds is 14. The molecule has 10 N–H and O–H groups in total. The Morgan fingerprint density at radius 2 is 0.909 bits per heavy atom. The summed E-state index contributed by atoms with van der Waals surface area (Å²) in [5.74, 6) is -1.07.